The summed E-state index contributed by atoms with van der Waals surface area (Å²) in [5, 5.41) is 0. The SMILES string of the molecule is [Ca+2].[Cr+3].[Fe+2].[La+3].[O]=[Mn]([O-])[O-].[O]=[Mn]([O-])[O-].[O]=[Mn]([O-])[O-].[O]=[Mn]([O-])[O-].[O]=[Mn]([O-])[O-]. The fraction of sp³-hybridized carbons (Fsp3) is 0. The molecule has 0 atom stereocenters. The molecule has 0 fully saturated rings. The first kappa shape index (κ1) is 56.7. The number of hydrogen-bond acceptors (Lipinski definition) is 15. The maximum atomic E-state index is 8.52. The Labute approximate surface area is 236 Å². The van der Waals surface area contributed by atoms with Crippen LogP contribution in [0.25, 0.3) is 0 Å². The molecule has 24 heavy (non-hydrogen) atoms. The predicted octanol–water partition coefficient (Wildman–Crippen LogP) is -12.9. The molecule has 0 aliphatic heterocycles. The van der Waals surface area contributed by atoms with Gasteiger partial charge in [0.2, 0.25) is 0 Å². The number of rotatable bonds is 0. The van der Waals surface area contributed by atoms with E-state index in [1.165, 1.54) is 0 Å². The molecule has 0 saturated carbocycles. The zero-order chi connectivity index (χ0) is 17.9. The second-order valence-electron chi connectivity index (χ2n) is 0.945. The average Bonchev–Trinajstić information content (AvgIpc) is 1.94. The molecule has 0 saturated heterocycles. The van der Waals surface area contributed by atoms with E-state index >= 15 is 0 Å². The first-order chi connectivity index (χ1) is 8.66. The molecule has 0 amide bonds. The van der Waals surface area contributed by atoms with Gasteiger partial charge in [0.15, 0.2) is 0 Å². The minimum atomic E-state index is -3.65. The molecule has 1 radical (unpaired) electrons. The summed E-state index contributed by atoms with van der Waals surface area (Å²) in [5.41, 5.74) is 0. The van der Waals surface area contributed by atoms with Crippen molar-refractivity contribution in [2.45, 2.75) is 0 Å². The van der Waals surface area contributed by atoms with Gasteiger partial charge in [0.05, 0.1) is 0 Å². The average molecular weight is 802 g/mol. The van der Waals surface area contributed by atoms with Crippen molar-refractivity contribution in [2.75, 3.05) is 0 Å². The van der Waals surface area contributed by atoms with E-state index in [1.807, 2.05) is 0 Å². The first-order valence-electron chi connectivity index (χ1n) is 2.31. The Morgan fingerprint density at radius 3 is 0.417 bits per heavy atom. The molecular formula is CaCrFeLaMn5O15. The van der Waals surface area contributed by atoms with Gasteiger partial charge in [0, 0.05) is 0 Å². The molecule has 0 aliphatic carbocycles. The van der Waals surface area contributed by atoms with Gasteiger partial charge in [-0.1, -0.05) is 0 Å². The molecule has 0 heterocycles. The van der Waals surface area contributed by atoms with Crippen LogP contribution in [0.1, 0.15) is 0 Å². The van der Waals surface area contributed by atoms with Gasteiger partial charge in [0.1, 0.15) is 0 Å². The second-order valence-corrected chi connectivity index (χ2v) is 3.90. The van der Waals surface area contributed by atoms with Gasteiger partial charge >= 0.3 is 241 Å². The van der Waals surface area contributed by atoms with E-state index in [-0.39, 0.29) is 108 Å². The monoisotopic (exact) mass is 801 g/mol. The summed E-state index contributed by atoms with van der Waals surface area (Å²) >= 11 is -18.2. The summed E-state index contributed by atoms with van der Waals surface area (Å²) in [5.74, 6) is 0. The Morgan fingerprint density at radius 2 is 0.417 bits per heavy atom. The molecule has 144 valence electrons. The van der Waals surface area contributed by atoms with Crippen molar-refractivity contribution < 1.29 is 204 Å². The van der Waals surface area contributed by atoms with Crippen LogP contribution in [0.5, 0.6) is 0 Å². The standard InChI is InChI=1S/Ca.Cr.Fe.La.5Mn.15O/q+2;+3;+2;+3;;;;;;;;;;;10*-1. The Morgan fingerprint density at radius 1 is 0.417 bits per heavy atom. The van der Waals surface area contributed by atoms with Gasteiger partial charge in [-0.25, -0.2) is 0 Å². The van der Waals surface area contributed by atoms with Gasteiger partial charge in [0.25, 0.3) is 0 Å². The summed E-state index contributed by atoms with van der Waals surface area (Å²) < 4.78 is 128. The second kappa shape index (κ2) is 50.9. The zero-order valence-electron chi connectivity index (χ0n) is 10.1. The molecule has 24 heteroatoms. The molecule has 0 N–H and O–H groups in total. The van der Waals surface area contributed by atoms with Crippen LogP contribution in [0, 0.1) is 35.6 Å². The van der Waals surface area contributed by atoms with Crippen molar-refractivity contribution in [3.63, 3.8) is 0 Å². The molecule has 0 unspecified atom stereocenters. The molecule has 0 aromatic carbocycles. The number of hydrogen-bond donors (Lipinski definition) is 0. The molecule has 15 nitrogen and oxygen atoms in total. The summed E-state index contributed by atoms with van der Waals surface area (Å²) in [6, 6.07) is 0. The fourth-order valence-corrected chi connectivity index (χ4v) is 0. The van der Waals surface area contributed by atoms with Crippen molar-refractivity contribution in [2.24, 2.45) is 0 Å². The Kier molecular flexibility index (Phi) is 120. The van der Waals surface area contributed by atoms with Crippen LogP contribution in [0.4, 0.5) is 0 Å². The van der Waals surface area contributed by atoms with Crippen LogP contribution < -0.4 is 41.9 Å². The van der Waals surface area contributed by atoms with Crippen LogP contribution in [0.2, 0.25) is 0 Å². The summed E-state index contributed by atoms with van der Waals surface area (Å²) in [6.07, 6.45) is 0. The van der Waals surface area contributed by atoms with E-state index in [9.17, 15) is 0 Å². The van der Waals surface area contributed by atoms with E-state index in [4.69, 9.17) is 61.1 Å². The van der Waals surface area contributed by atoms with Gasteiger partial charge in [-0.05, 0) is 0 Å². The Hall–Kier alpha value is 4.70. The zero-order valence-corrected chi connectivity index (χ0v) is 24.2. The van der Waals surface area contributed by atoms with Crippen molar-refractivity contribution in [1.29, 1.82) is 0 Å². The first-order valence-corrected chi connectivity index (χ1v) is 9.54. The van der Waals surface area contributed by atoms with Crippen LogP contribution >= 0.6 is 0 Å². The molecule has 0 bridgehead atoms. The third kappa shape index (κ3) is 797. The van der Waals surface area contributed by atoms with Gasteiger partial charge in [-0.3, -0.25) is 0 Å². The Balaban J connectivity index is -0.0000000161. The van der Waals surface area contributed by atoms with E-state index in [2.05, 4.69) is 0 Å². The Bertz CT molecular complexity index is 225. The van der Waals surface area contributed by atoms with Gasteiger partial charge < -0.3 is 0 Å². The molecule has 0 aromatic heterocycles. The van der Waals surface area contributed by atoms with Crippen LogP contribution in [0.15, 0.2) is 0 Å². The maximum absolute atomic E-state index is 8.52. The van der Waals surface area contributed by atoms with Crippen LogP contribution in [-0.4, -0.2) is 37.7 Å². The van der Waals surface area contributed by atoms with Gasteiger partial charge in [-0.15, -0.1) is 0 Å². The quantitative estimate of drug-likeness (QED) is 0.205. The molecule has 0 aliphatic rings. The molecule has 0 rings (SSSR count). The third-order valence-corrected chi connectivity index (χ3v) is 0. The van der Waals surface area contributed by atoms with Crippen molar-refractivity contribution in [3.8, 4) is 0 Å². The fourth-order valence-electron chi connectivity index (χ4n) is 0. The van der Waals surface area contributed by atoms with E-state index < -0.39 is 72.5 Å². The van der Waals surface area contributed by atoms with Crippen molar-refractivity contribution in [1.82, 2.24) is 0 Å². The van der Waals surface area contributed by atoms with Crippen molar-refractivity contribution >= 4 is 37.7 Å². The van der Waals surface area contributed by atoms with Gasteiger partial charge in [-0.2, -0.15) is 0 Å². The molecular weight excluding hydrogens is 802 g/mol. The van der Waals surface area contributed by atoms with Crippen molar-refractivity contribution in [3.05, 3.63) is 0 Å². The third-order valence-electron chi connectivity index (χ3n) is 0. The molecule has 0 aromatic rings. The van der Waals surface area contributed by atoms with E-state index in [0.717, 1.165) is 0 Å². The van der Waals surface area contributed by atoms with E-state index in [1.54, 1.807) is 0 Å². The summed E-state index contributed by atoms with van der Waals surface area (Å²) in [4.78, 5) is 0. The minimum absolute atomic E-state index is 0. The predicted molar refractivity (Wildman–Crippen MR) is 9.19 cm³/mol. The summed E-state index contributed by atoms with van der Waals surface area (Å²) in [7, 11) is 0. The summed E-state index contributed by atoms with van der Waals surface area (Å²) in [6.45, 7) is 0. The molecule has 0 spiro atoms. The van der Waals surface area contributed by atoms with Crippen LogP contribution in [-0.2, 0) is 126 Å². The normalized spacial score (nSPS) is 7.29. The topological polar surface area (TPSA) is 316 Å². The van der Waals surface area contributed by atoms with E-state index in [0.29, 0.717) is 0 Å². The van der Waals surface area contributed by atoms with Crippen LogP contribution in [0.3, 0.4) is 0 Å².